The third-order valence-corrected chi connectivity index (χ3v) is 2.50. The van der Waals surface area contributed by atoms with Gasteiger partial charge in [0.25, 0.3) is 0 Å². The van der Waals surface area contributed by atoms with E-state index in [2.05, 4.69) is 0 Å². The minimum Gasteiger partial charge on any atom is -0.282 e. The fourth-order valence-corrected chi connectivity index (χ4v) is 1.64. The minimum atomic E-state index is -0.122. The van der Waals surface area contributed by atoms with Gasteiger partial charge in [-0.1, -0.05) is 6.92 Å². The molecule has 0 aromatic heterocycles. The van der Waals surface area contributed by atoms with Crippen molar-refractivity contribution in [2.24, 2.45) is 5.92 Å². The molecule has 0 unspecified atom stereocenters. The largest absolute Gasteiger partial charge is 0.282 e. The Morgan fingerprint density at radius 2 is 2.15 bits per heavy atom. The fourth-order valence-electron chi connectivity index (χ4n) is 1.45. The van der Waals surface area contributed by atoms with Crippen molar-refractivity contribution in [1.82, 2.24) is 4.90 Å². The van der Waals surface area contributed by atoms with E-state index >= 15 is 0 Å². The monoisotopic (exact) mass is 203 g/mol. The van der Waals surface area contributed by atoms with Crippen LogP contribution < -0.4 is 0 Å². The molecule has 0 radical (unpaired) electrons. The molecule has 0 saturated carbocycles. The predicted octanol–water partition coefficient (Wildman–Crippen LogP) is 1.40. The van der Waals surface area contributed by atoms with Crippen LogP contribution in [0.25, 0.3) is 0 Å². The summed E-state index contributed by atoms with van der Waals surface area (Å²) >= 11 is 5.50. The normalized spacial score (nSPS) is 22.9. The molecule has 4 heteroatoms. The first kappa shape index (κ1) is 10.5. The summed E-state index contributed by atoms with van der Waals surface area (Å²) in [5.41, 5.74) is 0. The summed E-state index contributed by atoms with van der Waals surface area (Å²) in [6.45, 7) is 2.33. The highest BCUT2D eigenvalue weighted by Gasteiger charge is 2.34. The van der Waals surface area contributed by atoms with Crippen LogP contribution in [0.4, 0.5) is 0 Å². The molecule has 0 spiro atoms. The SMILES string of the molecule is C[C@H]1CC(=O)N(CCCCCl)C1=O. The highest BCUT2D eigenvalue weighted by Crippen LogP contribution is 2.18. The number of amides is 2. The zero-order chi connectivity index (χ0) is 9.84. The van der Waals surface area contributed by atoms with E-state index in [1.54, 1.807) is 6.92 Å². The molecular weight excluding hydrogens is 190 g/mol. The lowest BCUT2D eigenvalue weighted by atomic mass is 10.1. The molecule has 0 bridgehead atoms. The first-order chi connectivity index (χ1) is 6.16. The topological polar surface area (TPSA) is 37.4 Å². The van der Waals surface area contributed by atoms with Crippen molar-refractivity contribution in [3.05, 3.63) is 0 Å². The number of carbonyl (C=O) groups excluding carboxylic acids is 2. The maximum atomic E-state index is 11.4. The summed E-state index contributed by atoms with van der Waals surface area (Å²) in [5, 5.41) is 0. The minimum absolute atomic E-state index is 0.0282. The van der Waals surface area contributed by atoms with E-state index in [0.29, 0.717) is 18.8 Å². The molecule has 74 valence electrons. The summed E-state index contributed by atoms with van der Waals surface area (Å²) in [6, 6.07) is 0. The average Bonchev–Trinajstić information content (AvgIpc) is 2.32. The van der Waals surface area contributed by atoms with Crippen molar-refractivity contribution in [1.29, 1.82) is 0 Å². The number of unbranched alkanes of at least 4 members (excludes halogenated alkanes) is 1. The van der Waals surface area contributed by atoms with E-state index in [1.165, 1.54) is 4.90 Å². The zero-order valence-corrected chi connectivity index (χ0v) is 8.51. The molecule has 1 fully saturated rings. The Kier molecular flexibility index (Phi) is 3.72. The van der Waals surface area contributed by atoms with Crippen LogP contribution in [0.15, 0.2) is 0 Å². The van der Waals surface area contributed by atoms with Crippen molar-refractivity contribution < 1.29 is 9.59 Å². The van der Waals surface area contributed by atoms with E-state index < -0.39 is 0 Å². The molecule has 1 heterocycles. The van der Waals surface area contributed by atoms with Gasteiger partial charge in [-0.25, -0.2) is 0 Å². The van der Waals surface area contributed by atoms with Crippen LogP contribution in [0.3, 0.4) is 0 Å². The van der Waals surface area contributed by atoms with Gasteiger partial charge in [-0.2, -0.15) is 0 Å². The second kappa shape index (κ2) is 4.61. The molecule has 1 saturated heterocycles. The highest BCUT2D eigenvalue weighted by molar-refractivity contribution is 6.17. The van der Waals surface area contributed by atoms with Crippen LogP contribution in [-0.2, 0) is 9.59 Å². The second-order valence-corrected chi connectivity index (χ2v) is 3.76. The van der Waals surface area contributed by atoms with Gasteiger partial charge in [0.15, 0.2) is 0 Å². The van der Waals surface area contributed by atoms with Gasteiger partial charge in [-0.3, -0.25) is 14.5 Å². The maximum absolute atomic E-state index is 11.4. The van der Waals surface area contributed by atoms with Gasteiger partial charge in [0.05, 0.1) is 0 Å². The van der Waals surface area contributed by atoms with Crippen LogP contribution in [0.2, 0.25) is 0 Å². The lowest BCUT2D eigenvalue weighted by Crippen LogP contribution is -2.31. The summed E-state index contributed by atoms with van der Waals surface area (Å²) in [5.74, 6) is 0.404. The Morgan fingerprint density at radius 1 is 1.46 bits per heavy atom. The van der Waals surface area contributed by atoms with Crippen molar-refractivity contribution >= 4 is 23.4 Å². The standard InChI is InChI=1S/C9H14ClNO2/c1-7-6-8(12)11(9(7)13)5-3-2-4-10/h7H,2-6H2,1H3/t7-/m0/s1. The number of carbonyl (C=O) groups is 2. The molecule has 0 aromatic rings. The Morgan fingerprint density at radius 3 is 2.62 bits per heavy atom. The number of hydrogen-bond donors (Lipinski definition) is 0. The Labute approximate surface area is 83.0 Å². The van der Waals surface area contributed by atoms with Crippen molar-refractivity contribution in [3.63, 3.8) is 0 Å². The summed E-state index contributed by atoms with van der Waals surface area (Å²) in [4.78, 5) is 24.0. The molecular formula is C9H14ClNO2. The summed E-state index contributed by atoms with van der Waals surface area (Å²) < 4.78 is 0. The number of rotatable bonds is 4. The number of halogens is 1. The van der Waals surface area contributed by atoms with Gasteiger partial charge in [-0.05, 0) is 12.8 Å². The second-order valence-electron chi connectivity index (χ2n) is 3.38. The number of imide groups is 1. The van der Waals surface area contributed by atoms with Crippen LogP contribution in [0.1, 0.15) is 26.2 Å². The van der Waals surface area contributed by atoms with Crippen LogP contribution in [0.5, 0.6) is 0 Å². The quantitative estimate of drug-likeness (QED) is 0.394. The van der Waals surface area contributed by atoms with Crippen LogP contribution >= 0.6 is 11.6 Å². The first-order valence-electron chi connectivity index (χ1n) is 4.57. The smallest absolute Gasteiger partial charge is 0.232 e. The van der Waals surface area contributed by atoms with Gasteiger partial charge >= 0.3 is 0 Å². The number of hydrogen-bond acceptors (Lipinski definition) is 2. The lowest BCUT2D eigenvalue weighted by Gasteiger charge is -2.13. The lowest BCUT2D eigenvalue weighted by molar-refractivity contribution is -0.139. The molecule has 0 N–H and O–H groups in total. The summed E-state index contributed by atoms with van der Waals surface area (Å²) in [7, 11) is 0. The fraction of sp³-hybridized carbons (Fsp3) is 0.778. The van der Waals surface area contributed by atoms with E-state index in [4.69, 9.17) is 11.6 Å². The van der Waals surface area contributed by atoms with E-state index in [1.807, 2.05) is 0 Å². The molecule has 2 amide bonds. The molecule has 13 heavy (non-hydrogen) atoms. The molecule has 1 atom stereocenters. The highest BCUT2D eigenvalue weighted by atomic mass is 35.5. The van der Waals surface area contributed by atoms with Crippen molar-refractivity contribution in [2.45, 2.75) is 26.2 Å². The van der Waals surface area contributed by atoms with Crippen LogP contribution in [-0.4, -0.2) is 29.1 Å². The average molecular weight is 204 g/mol. The molecule has 1 rings (SSSR count). The van der Waals surface area contributed by atoms with Gasteiger partial charge in [0.1, 0.15) is 0 Å². The van der Waals surface area contributed by atoms with E-state index in [0.717, 1.165) is 12.8 Å². The third-order valence-electron chi connectivity index (χ3n) is 2.23. The van der Waals surface area contributed by atoms with Crippen molar-refractivity contribution in [3.8, 4) is 0 Å². The van der Waals surface area contributed by atoms with Crippen molar-refractivity contribution in [2.75, 3.05) is 12.4 Å². The van der Waals surface area contributed by atoms with Gasteiger partial charge in [0, 0.05) is 24.8 Å². The predicted molar refractivity (Wildman–Crippen MR) is 50.5 cm³/mol. The zero-order valence-electron chi connectivity index (χ0n) is 7.75. The van der Waals surface area contributed by atoms with Crippen LogP contribution in [0, 0.1) is 5.92 Å². The molecule has 1 aliphatic heterocycles. The Hall–Kier alpha value is -0.570. The molecule has 1 aliphatic rings. The third kappa shape index (κ3) is 2.44. The molecule has 3 nitrogen and oxygen atoms in total. The Bertz CT molecular complexity index is 218. The summed E-state index contributed by atoms with van der Waals surface area (Å²) in [6.07, 6.45) is 2.04. The number of nitrogens with zero attached hydrogens (tertiary/aromatic N) is 1. The first-order valence-corrected chi connectivity index (χ1v) is 5.10. The van der Waals surface area contributed by atoms with Gasteiger partial charge in [-0.15, -0.1) is 11.6 Å². The van der Waals surface area contributed by atoms with E-state index in [-0.39, 0.29) is 17.7 Å². The number of alkyl halides is 1. The maximum Gasteiger partial charge on any atom is 0.232 e. The molecule has 0 aromatic carbocycles. The van der Waals surface area contributed by atoms with Gasteiger partial charge < -0.3 is 0 Å². The Balaban J connectivity index is 2.40. The van der Waals surface area contributed by atoms with E-state index in [9.17, 15) is 9.59 Å². The number of likely N-dealkylation sites (tertiary alicyclic amines) is 1. The molecule has 0 aliphatic carbocycles. The van der Waals surface area contributed by atoms with Gasteiger partial charge in [0.2, 0.25) is 11.8 Å².